The summed E-state index contributed by atoms with van der Waals surface area (Å²) in [5, 5.41) is 12.8. The van der Waals surface area contributed by atoms with E-state index in [1.165, 1.54) is 0 Å². The molecule has 0 bridgehead atoms. The van der Waals surface area contributed by atoms with E-state index in [9.17, 15) is 13.9 Å². The lowest BCUT2D eigenvalue weighted by atomic mass is 10.1. The number of aliphatic hydroxyl groups is 1. The number of benzene rings is 1. The van der Waals surface area contributed by atoms with Gasteiger partial charge in [0.05, 0.1) is 12.4 Å². The van der Waals surface area contributed by atoms with Crippen LogP contribution in [0.2, 0.25) is 0 Å². The lowest BCUT2D eigenvalue weighted by Crippen LogP contribution is -2.24. The van der Waals surface area contributed by atoms with E-state index >= 15 is 0 Å². The SMILES string of the molecule is OC(CNCCc1ccco1)c1cc(F)ccc1F. The second kappa shape index (κ2) is 6.45. The van der Waals surface area contributed by atoms with Gasteiger partial charge < -0.3 is 14.8 Å². The van der Waals surface area contributed by atoms with Crippen LogP contribution in [0.5, 0.6) is 0 Å². The van der Waals surface area contributed by atoms with E-state index in [-0.39, 0.29) is 12.1 Å². The van der Waals surface area contributed by atoms with E-state index in [4.69, 9.17) is 4.42 Å². The number of nitrogens with one attached hydrogen (secondary N) is 1. The van der Waals surface area contributed by atoms with Gasteiger partial charge in [0.15, 0.2) is 0 Å². The van der Waals surface area contributed by atoms with Crippen molar-refractivity contribution in [3.05, 3.63) is 59.6 Å². The van der Waals surface area contributed by atoms with Crippen LogP contribution in [0, 0.1) is 11.6 Å². The fraction of sp³-hybridized carbons (Fsp3) is 0.286. The minimum Gasteiger partial charge on any atom is -0.469 e. The smallest absolute Gasteiger partial charge is 0.129 e. The minimum atomic E-state index is -1.08. The summed E-state index contributed by atoms with van der Waals surface area (Å²) in [6.45, 7) is 0.739. The van der Waals surface area contributed by atoms with Crippen molar-refractivity contribution < 1.29 is 18.3 Å². The highest BCUT2D eigenvalue weighted by Gasteiger charge is 2.13. The monoisotopic (exact) mass is 267 g/mol. The Balaban J connectivity index is 1.80. The molecule has 0 amide bonds. The van der Waals surface area contributed by atoms with E-state index in [0.717, 1.165) is 24.0 Å². The van der Waals surface area contributed by atoms with E-state index in [1.54, 1.807) is 12.3 Å². The van der Waals surface area contributed by atoms with Crippen LogP contribution in [-0.2, 0) is 6.42 Å². The average molecular weight is 267 g/mol. The topological polar surface area (TPSA) is 45.4 Å². The van der Waals surface area contributed by atoms with Gasteiger partial charge in [0, 0.05) is 25.1 Å². The first kappa shape index (κ1) is 13.7. The minimum absolute atomic E-state index is 0.0366. The van der Waals surface area contributed by atoms with Gasteiger partial charge in [-0.05, 0) is 30.3 Å². The van der Waals surface area contributed by atoms with Crippen molar-refractivity contribution in [1.82, 2.24) is 5.32 Å². The largest absolute Gasteiger partial charge is 0.469 e. The highest BCUT2D eigenvalue weighted by Crippen LogP contribution is 2.17. The molecule has 0 aliphatic carbocycles. The summed E-state index contributed by atoms with van der Waals surface area (Å²) in [4.78, 5) is 0. The highest BCUT2D eigenvalue weighted by molar-refractivity contribution is 5.21. The Morgan fingerprint density at radius 3 is 2.84 bits per heavy atom. The molecule has 1 heterocycles. The van der Waals surface area contributed by atoms with Crippen molar-refractivity contribution in [1.29, 1.82) is 0 Å². The Hall–Kier alpha value is -1.72. The Labute approximate surface area is 109 Å². The molecule has 19 heavy (non-hydrogen) atoms. The zero-order valence-corrected chi connectivity index (χ0v) is 10.3. The van der Waals surface area contributed by atoms with Crippen molar-refractivity contribution in [3.8, 4) is 0 Å². The Kier molecular flexibility index (Phi) is 4.65. The molecule has 0 saturated heterocycles. The molecule has 0 aliphatic heterocycles. The maximum Gasteiger partial charge on any atom is 0.129 e. The maximum atomic E-state index is 13.4. The van der Waals surface area contributed by atoms with Crippen LogP contribution in [0.15, 0.2) is 41.0 Å². The lowest BCUT2D eigenvalue weighted by Gasteiger charge is -2.12. The number of halogens is 2. The van der Waals surface area contributed by atoms with Crippen LogP contribution in [0.4, 0.5) is 8.78 Å². The lowest BCUT2D eigenvalue weighted by molar-refractivity contribution is 0.169. The van der Waals surface area contributed by atoms with E-state index < -0.39 is 17.7 Å². The molecule has 2 N–H and O–H groups in total. The Morgan fingerprint density at radius 1 is 1.26 bits per heavy atom. The van der Waals surface area contributed by atoms with Crippen molar-refractivity contribution in [3.63, 3.8) is 0 Å². The first-order chi connectivity index (χ1) is 9.16. The van der Waals surface area contributed by atoms with Crippen LogP contribution < -0.4 is 5.32 Å². The molecule has 0 aliphatic rings. The fourth-order valence-corrected chi connectivity index (χ4v) is 1.79. The molecule has 1 aromatic carbocycles. The van der Waals surface area contributed by atoms with Gasteiger partial charge in [-0.3, -0.25) is 0 Å². The number of hydrogen-bond donors (Lipinski definition) is 2. The molecule has 0 fully saturated rings. The third-order valence-electron chi connectivity index (χ3n) is 2.78. The molecule has 0 spiro atoms. The summed E-state index contributed by atoms with van der Waals surface area (Å²) in [6.07, 6.45) is 1.18. The van der Waals surface area contributed by atoms with E-state index in [0.29, 0.717) is 13.0 Å². The first-order valence-electron chi connectivity index (χ1n) is 6.03. The van der Waals surface area contributed by atoms with Gasteiger partial charge in [0.25, 0.3) is 0 Å². The van der Waals surface area contributed by atoms with Gasteiger partial charge >= 0.3 is 0 Å². The normalized spacial score (nSPS) is 12.6. The molecule has 3 nitrogen and oxygen atoms in total. The number of furan rings is 1. The summed E-state index contributed by atoms with van der Waals surface area (Å²) in [5.74, 6) is -0.341. The van der Waals surface area contributed by atoms with Gasteiger partial charge in [-0.2, -0.15) is 0 Å². The Bertz CT molecular complexity index is 514. The van der Waals surface area contributed by atoms with Crippen LogP contribution >= 0.6 is 0 Å². The molecule has 102 valence electrons. The van der Waals surface area contributed by atoms with Crippen LogP contribution in [0.1, 0.15) is 17.4 Å². The molecule has 0 radical (unpaired) electrons. The summed E-state index contributed by atoms with van der Waals surface area (Å²) in [6, 6.07) is 6.69. The standard InChI is InChI=1S/C14H15F2NO2/c15-10-3-4-13(16)12(8-10)14(18)9-17-6-5-11-2-1-7-19-11/h1-4,7-8,14,17-18H,5-6,9H2. The molecule has 1 atom stereocenters. The van der Waals surface area contributed by atoms with Crippen molar-refractivity contribution >= 4 is 0 Å². The van der Waals surface area contributed by atoms with Crippen LogP contribution in [0.25, 0.3) is 0 Å². The molecule has 1 unspecified atom stereocenters. The van der Waals surface area contributed by atoms with Crippen LogP contribution in [0.3, 0.4) is 0 Å². The zero-order valence-electron chi connectivity index (χ0n) is 10.3. The molecule has 2 rings (SSSR count). The van der Waals surface area contributed by atoms with Crippen molar-refractivity contribution in [2.75, 3.05) is 13.1 Å². The van der Waals surface area contributed by atoms with Gasteiger partial charge in [-0.25, -0.2) is 8.78 Å². The van der Waals surface area contributed by atoms with Gasteiger partial charge in [-0.1, -0.05) is 0 Å². The average Bonchev–Trinajstić information content (AvgIpc) is 2.90. The number of aliphatic hydroxyl groups excluding tert-OH is 1. The fourth-order valence-electron chi connectivity index (χ4n) is 1.79. The second-order valence-corrected chi connectivity index (χ2v) is 4.22. The summed E-state index contributed by atoms with van der Waals surface area (Å²) < 4.78 is 31.5. The van der Waals surface area contributed by atoms with E-state index in [2.05, 4.69) is 5.32 Å². The van der Waals surface area contributed by atoms with Gasteiger partial charge in [-0.15, -0.1) is 0 Å². The third-order valence-corrected chi connectivity index (χ3v) is 2.78. The third kappa shape index (κ3) is 3.87. The highest BCUT2D eigenvalue weighted by atomic mass is 19.1. The van der Waals surface area contributed by atoms with Gasteiger partial charge in [0.1, 0.15) is 17.4 Å². The molecule has 5 heteroatoms. The molecular weight excluding hydrogens is 252 g/mol. The van der Waals surface area contributed by atoms with Crippen molar-refractivity contribution in [2.45, 2.75) is 12.5 Å². The predicted octanol–water partition coefficient (Wildman–Crippen LogP) is 2.42. The second-order valence-electron chi connectivity index (χ2n) is 4.22. The first-order valence-corrected chi connectivity index (χ1v) is 6.03. The molecular formula is C14H15F2NO2. The number of rotatable bonds is 6. The summed E-state index contributed by atoms with van der Waals surface area (Å²) in [5.41, 5.74) is -0.0366. The maximum absolute atomic E-state index is 13.4. The molecule has 0 saturated carbocycles. The van der Waals surface area contributed by atoms with E-state index in [1.807, 2.05) is 6.07 Å². The summed E-state index contributed by atoms with van der Waals surface area (Å²) >= 11 is 0. The van der Waals surface area contributed by atoms with Crippen molar-refractivity contribution in [2.24, 2.45) is 0 Å². The molecule has 2 aromatic rings. The quantitative estimate of drug-likeness (QED) is 0.790. The predicted molar refractivity (Wildman–Crippen MR) is 66.6 cm³/mol. The zero-order chi connectivity index (χ0) is 13.7. The Morgan fingerprint density at radius 2 is 2.11 bits per heavy atom. The summed E-state index contributed by atoms with van der Waals surface area (Å²) in [7, 11) is 0. The number of hydrogen-bond acceptors (Lipinski definition) is 3. The van der Waals surface area contributed by atoms with Crippen LogP contribution in [-0.4, -0.2) is 18.2 Å². The van der Waals surface area contributed by atoms with Gasteiger partial charge in [0.2, 0.25) is 0 Å². The molecule has 1 aromatic heterocycles.